The third-order valence-corrected chi connectivity index (χ3v) is 6.54. The van der Waals surface area contributed by atoms with Gasteiger partial charge in [0.2, 0.25) is 5.13 Å². The Balaban J connectivity index is 2.08. The number of hydrogen-bond acceptors (Lipinski definition) is 7. The second-order valence-corrected chi connectivity index (χ2v) is 8.65. The van der Waals surface area contributed by atoms with E-state index in [2.05, 4.69) is 20.2 Å². The summed E-state index contributed by atoms with van der Waals surface area (Å²) in [6, 6.07) is 2.04. The molecule has 0 aliphatic rings. The second-order valence-electron chi connectivity index (χ2n) is 4.77. The van der Waals surface area contributed by atoms with E-state index in [1.807, 2.05) is 26.2 Å². The zero-order valence-corrected chi connectivity index (χ0v) is 14.5. The highest BCUT2D eigenvalue weighted by Crippen LogP contribution is 2.24. The van der Waals surface area contributed by atoms with E-state index in [4.69, 9.17) is 0 Å². The summed E-state index contributed by atoms with van der Waals surface area (Å²) in [5.74, 6) is 0. The third kappa shape index (κ3) is 4.47. The number of anilines is 1. The highest BCUT2D eigenvalue weighted by atomic mass is 32.2. The maximum Gasteiger partial charge on any atom is 0.273 e. The van der Waals surface area contributed by atoms with Gasteiger partial charge in [-0.05, 0) is 23.4 Å². The standard InChI is InChI=1S/C12H18N4O2S3/c1-4-10-14-15-12(20-10)16-21(17,18)11-5-9(7-19-11)6-13-8(2)3/h5,7-8,13H,4,6H2,1-3H3,(H,15,16). The fourth-order valence-corrected chi connectivity index (χ4v) is 4.63. The van der Waals surface area contributed by atoms with Crippen LogP contribution >= 0.6 is 22.7 Å². The summed E-state index contributed by atoms with van der Waals surface area (Å²) in [5, 5.41) is 14.0. The van der Waals surface area contributed by atoms with E-state index in [1.165, 1.54) is 22.7 Å². The van der Waals surface area contributed by atoms with E-state index >= 15 is 0 Å². The van der Waals surface area contributed by atoms with Crippen molar-refractivity contribution in [2.75, 3.05) is 4.72 Å². The molecule has 2 heterocycles. The molecule has 6 nitrogen and oxygen atoms in total. The van der Waals surface area contributed by atoms with Crippen molar-refractivity contribution in [1.82, 2.24) is 15.5 Å². The molecule has 0 unspecified atom stereocenters. The maximum atomic E-state index is 12.3. The molecule has 2 aromatic rings. The number of hydrogen-bond donors (Lipinski definition) is 2. The Morgan fingerprint density at radius 1 is 1.33 bits per heavy atom. The van der Waals surface area contributed by atoms with E-state index in [1.54, 1.807) is 6.07 Å². The van der Waals surface area contributed by atoms with Crippen molar-refractivity contribution in [2.24, 2.45) is 0 Å². The lowest BCUT2D eigenvalue weighted by Gasteiger charge is -2.05. The van der Waals surface area contributed by atoms with Crippen molar-refractivity contribution in [1.29, 1.82) is 0 Å². The number of thiophene rings is 1. The average Bonchev–Trinajstić information content (AvgIpc) is 3.04. The van der Waals surface area contributed by atoms with Gasteiger partial charge in [0.05, 0.1) is 0 Å². The molecule has 0 atom stereocenters. The van der Waals surface area contributed by atoms with Gasteiger partial charge in [0, 0.05) is 12.6 Å². The summed E-state index contributed by atoms with van der Waals surface area (Å²) < 4.78 is 27.3. The number of sulfonamides is 1. The summed E-state index contributed by atoms with van der Waals surface area (Å²) in [4.78, 5) is 0. The van der Waals surface area contributed by atoms with Gasteiger partial charge in [0.1, 0.15) is 9.22 Å². The maximum absolute atomic E-state index is 12.3. The number of aromatic nitrogens is 2. The van der Waals surface area contributed by atoms with Crippen LogP contribution in [-0.2, 0) is 23.0 Å². The molecule has 0 aromatic carbocycles. The molecule has 0 radical (unpaired) electrons. The van der Waals surface area contributed by atoms with Crippen molar-refractivity contribution >= 4 is 37.8 Å². The van der Waals surface area contributed by atoms with Crippen LogP contribution in [0.5, 0.6) is 0 Å². The number of aryl methyl sites for hydroxylation is 1. The first kappa shape index (κ1) is 16.3. The summed E-state index contributed by atoms with van der Waals surface area (Å²) in [6.45, 7) is 6.70. The molecule has 0 spiro atoms. The number of nitrogens with one attached hydrogen (secondary N) is 2. The van der Waals surface area contributed by atoms with Crippen molar-refractivity contribution in [3.8, 4) is 0 Å². The van der Waals surface area contributed by atoms with Gasteiger partial charge in [-0.25, -0.2) is 8.42 Å². The number of rotatable bonds is 7. The molecule has 2 N–H and O–H groups in total. The van der Waals surface area contributed by atoms with E-state index < -0.39 is 10.0 Å². The third-order valence-electron chi connectivity index (χ3n) is 2.60. The molecule has 0 bridgehead atoms. The van der Waals surface area contributed by atoms with Crippen LogP contribution in [0.1, 0.15) is 31.3 Å². The predicted octanol–water partition coefficient (Wildman–Crippen LogP) is 2.46. The van der Waals surface area contributed by atoms with Crippen molar-refractivity contribution in [2.45, 2.75) is 44.0 Å². The first-order chi connectivity index (χ1) is 9.90. The Kier molecular flexibility index (Phi) is 5.31. The zero-order valence-electron chi connectivity index (χ0n) is 12.1. The Morgan fingerprint density at radius 3 is 2.71 bits per heavy atom. The van der Waals surface area contributed by atoms with Gasteiger partial charge in [-0.1, -0.05) is 32.1 Å². The van der Waals surface area contributed by atoms with Gasteiger partial charge in [-0.3, -0.25) is 4.72 Å². The van der Waals surface area contributed by atoms with E-state index in [9.17, 15) is 8.42 Å². The molecule has 0 fully saturated rings. The molecular formula is C12H18N4O2S3. The SMILES string of the molecule is CCc1nnc(NS(=O)(=O)c2cc(CNC(C)C)cs2)s1. The molecule has 0 aliphatic carbocycles. The lowest BCUT2D eigenvalue weighted by Crippen LogP contribution is -2.21. The van der Waals surface area contributed by atoms with Crippen LogP contribution in [-0.4, -0.2) is 24.7 Å². The second kappa shape index (κ2) is 6.82. The molecule has 21 heavy (non-hydrogen) atoms. The van der Waals surface area contributed by atoms with Crippen LogP contribution in [0.3, 0.4) is 0 Å². The van der Waals surface area contributed by atoms with Crippen molar-refractivity contribution in [3.63, 3.8) is 0 Å². The molecule has 0 saturated heterocycles. The van der Waals surface area contributed by atoms with E-state index in [-0.39, 0.29) is 4.21 Å². The summed E-state index contributed by atoms with van der Waals surface area (Å²) in [5.41, 5.74) is 0.959. The van der Waals surface area contributed by atoms with Gasteiger partial charge in [-0.2, -0.15) is 0 Å². The Labute approximate surface area is 132 Å². The zero-order chi connectivity index (χ0) is 15.5. The molecule has 2 rings (SSSR count). The molecule has 0 amide bonds. The lowest BCUT2D eigenvalue weighted by molar-refractivity contribution is 0.589. The average molecular weight is 347 g/mol. The smallest absolute Gasteiger partial charge is 0.273 e. The largest absolute Gasteiger partial charge is 0.310 e. The number of nitrogens with zero attached hydrogens (tertiary/aromatic N) is 2. The molecule has 2 aromatic heterocycles. The van der Waals surface area contributed by atoms with Gasteiger partial charge >= 0.3 is 0 Å². The summed E-state index contributed by atoms with van der Waals surface area (Å²) in [6.07, 6.45) is 0.740. The molecule has 0 saturated carbocycles. The Bertz CT molecular complexity index is 691. The highest BCUT2D eigenvalue weighted by molar-refractivity contribution is 7.94. The monoisotopic (exact) mass is 346 g/mol. The van der Waals surface area contributed by atoms with Gasteiger partial charge in [0.15, 0.2) is 0 Å². The van der Waals surface area contributed by atoms with Crippen LogP contribution < -0.4 is 10.0 Å². The minimum atomic E-state index is -3.58. The van der Waals surface area contributed by atoms with Gasteiger partial charge in [0.25, 0.3) is 10.0 Å². The summed E-state index contributed by atoms with van der Waals surface area (Å²) >= 11 is 2.46. The Hall–Kier alpha value is -1.03. The topological polar surface area (TPSA) is 84.0 Å². The van der Waals surface area contributed by atoms with Crippen LogP contribution in [0, 0.1) is 0 Å². The Morgan fingerprint density at radius 2 is 2.10 bits per heavy atom. The molecule has 0 aliphatic heterocycles. The molecule has 116 valence electrons. The van der Waals surface area contributed by atoms with Gasteiger partial charge in [-0.15, -0.1) is 21.5 Å². The quantitative estimate of drug-likeness (QED) is 0.804. The van der Waals surface area contributed by atoms with Crippen LogP contribution in [0.25, 0.3) is 0 Å². The van der Waals surface area contributed by atoms with E-state index in [0.717, 1.165) is 17.0 Å². The lowest BCUT2D eigenvalue weighted by atomic mass is 10.3. The first-order valence-electron chi connectivity index (χ1n) is 6.56. The van der Waals surface area contributed by atoms with Gasteiger partial charge < -0.3 is 5.32 Å². The fraction of sp³-hybridized carbons (Fsp3) is 0.500. The highest BCUT2D eigenvalue weighted by Gasteiger charge is 2.19. The van der Waals surface area contributed by atoms with Crippen molar-refractivity contribution in [3.05, 3.63) is 22.0 Å². The first-order valence-corrected chi connectivity index (χ1v) is 9.74. The van der Waals surface area contributed by atoms with Crippen molar-refractivity contribution < 1.29 is 8.42 Å². The molecular weight excluding hydrogens is 328 g/mol. The minimum absolute atomic E-state index is 0.288. The van der Waals surface area contributed by atoms with Crippen LogP contribution in [0.2, 0.25) is 0 Å². The predicted molar refractivity (Wildman–Crippen MR) is 86.4 cm³/mol. The van der Waals surface area contributed by atoms with Crippen LogP contribution in [0.15, 0.2) is 15.7 Å². The molecule has 9 heteroatoms. The fourth-order valence-electron chi connectivity index (χ4n) is 1.51. The normalized spacial score (nSPS) is 12.0. The van der Waals surface area contributed by atoms with Crippen LogP contribution in [0.4, 0.5) is 5.13 Å². The summed E-state index contributed by atoms with van der Waals surface area (Å²) in [7, 11) is -3.58. The van der Waals surface area contributed by atoms with E-state index in [0.29, 0.717) is 17.7 Å². The minimum Gasteiger partial charge on any atom is -0.310 e.